The van der Waals surface area contributed by atoms with Crippen molar-refractivity contribution in [1.82, 2.24) is 19.9 Å². The Labute approximate surface area is 112 Å². The second-order valence-corrected chi connectivity index (χ2v) is 4.83. The van der Waals surface area contributed by atoms with Crippen molar-refractivity contribution in [2.75, 3.05) is 40.3 Å². The number of hydrogen-bond donors (Lipinski definition) is 3. The van der Waals surface area contributed by atoms with Crippen LogP contribution in [0.5, 0.6) is 0 Å². The molecule has 0 saturated carbocycles. The lowest BCUT2D eigenvalue weighted by Crippen LogP contribution is -2.37. The summed E-state index contributed by atoms with van der Waals surface area (Å²) in [5.41, 5.74) is 6.79. The van der Waals surface area contributed by atoms with Crippen molar-refractivity contribution in [1.29, 1.82) is 0 Å². The second kappa shape index (κ2) is 8.84. The van der Waals surface area contributed by atoms with Gasteiger partial charge in [0, 0.05) is 31.6 Å². The minimum atomic E-state index is 0.507. The number of nitrogens with zero attached hydrogens (tertiary/aromatic N) is 3. The van der Waals surface area contributed by atoms with Gasteiger partial charge >= 0.3 is 0 Å². The highest BCUT2D eigenvalue weighted by molar-refractivity contribution is 7.03. The Morgan fingerprint density at radius 3 is 3.00 bits per heavy atom. The molecule has 0 aromatic carbocycles. The highest BCUT2D eigenvalue weighted by atomic mass is 32.1. The van der Waals surface area contributed by atoms with Crippen LogP contribution in [0.4, 0.5) is 0 Å². The van der Waals surface area contributed by atoms with Crippen molar-refractivity contribution in [3.63, 3.8) is 0 Å². The topological polar surface area (TPSA) is 78.6 Å². The fourth-order valence-electron chi connectivity index (χ4n) is 1.26. The molecule has 1 aromatic rings. The first-order chi connectivity index (χ1) is 8.68. The molecule has 7 heteroatoms. The zero-order valence-corrected chi connectivity index (χ0v) is 11.8. The molecule has 0 bridgehead atoms. The minimum Gasteiger partial charge on any atom is -0.370 e. The van der Waals surface area contributed by atoms with E-state index in [4.69, 9.17) is 5.73 Å². The van der Waals surface area contributed by atoms with Crippen LogP contribution in [0.3, 0.4) is 0 Å². The van der Waals surface area contributed by atoms with E-state index >= 15 is 0 Å². The van der Waals surface area contributed by atoms with Gasteiger partial charge in [-0.15, -0.1) is 0 Å². The van der Waals surface area contributed by atoms with Gasteiger partial charge in [-0.3, -0.25) is 4.99 Å². The molecule has 1 heterocycles. The fraction of sp³-hybridized carbons (Fsp3) is 0.636. The number of nitrogens with one attached hydrogen (secondary N) is 2. The van der Waals surface area contributed by atoms with E-state index in [1.54, 1.807) is 0 Å². The molecule has 18 heavy (non-hydrogen) atoms. The molecule has 0 radical (unpaired) electrons. The number of hydrogen-bond acceptors (Lipinski definition) is 5. The number of rotatable bonds is 8. The predicted molar refractivity (Wildman–Crippen MR) is 76.9 cm³/mol. The van der Waals surface area contributed by atoms with E-state index in [0.29, 0.717) is 12.5 Å². The first kappa shape index (κ1) is 14.9. The Hall–Kier alpha value is -1.18. The summed E-state index contributed by atoms with van der Waals surface area (Å²) >= 11 is 1.47. The molecule has 0 fully saturated rings. The second-order valence-electron chi connectivity index (χ2n) is 4.16. The van der Waals surface area contributed by atoms with Gasteiger partial charge in [0.25, 0.3) is 0 Å². The Balaban J connectivity index is 2.01. The number of nitrogens with two attached hydrogens (primary N) is 1. The van der Waals surface area contributed by atoms with Crippen LogP contribution in [0.1, 0.15) is 5.69 Å². The predicted octanol–water partition coefficient (Wildman–Crippen LogP) is -0.301. The first-order valence-electron chi connectivity index (χ1n) is 5.97. The zero-order valence-electron chi connectivity index (χ0n) is 11.0. The van der Waals surface area contributed by atoms with Gasteiger partial charge in [0.2, 0.25) is 0 Å². The molecule has 102 valence electrons. The van der Waals surface area contributed by atoms with Crippen molar-refractivity contribution in [2.24, 2.45) is 10.7 Å². The number of aromatic nitrogens is 1. The lowest BCUT2D eigenvalue weighted by atomic mass is 10.4. The first-order valence-corrected chi connectivity index (χ1v) is 6.80. The zero-order chi connectivity index (χ0) is 13.2. The molecule has 4 N–H and O–H groups in total. The van der Waals surface area contributed by atoms with Crippen molar-refractivity contribution >= 4 is 17.5 Å². The summed E-state index contributed by atoms with van der Waals surface area (Å²) in [4.78, 5) is 6.32. The molecular weight excluding hydrogens is 248 g/mol. The lowest BCUT2D eigenvalue weighted by Gasteiger charge is -2.10. The largest absolute Gasteiger partial charge is 0.370 e. The van der Waals surface area contributed by atoms with Crippen LogP contribution in [0.25, 0.3) is 0 Å². The third-order valence-corrected chi connectivity index (χ3v) is 2.83. The number of aliphatic imine (C=N–C) groups is 1. The summed E-state index contributed by atoms with van der Waals surface area (Å²) in [5.74, 6) is 0.507. The molecule has 0 saturated heterocycles. The highest BCUT2D eigenvalue weighted by Gasteiger charge is 1.94. The molecule has 1 rings (SSSR count). The maximum atomic E-state index is 5.72. The van der Waals surface area contributed by atoms with E-state index in [9.17, 15) is 0 Å². The van der Waals surface area contributed by atoms with E-state index in [0.717, 1.165) is 31.9 Å². The molecular formula is C11H22N6S. The van der Waals surface area contributed by atoms with E-state index in [2.05, 4.69) is 24.9 Å². The normalized spacial score (nSPS) is 12.1. The molecule has 1 aromatic heterocycles. The average Bonchev–Trinajstić information content (AvgIpc) is 2.81. The van der Waals surface area contributed by atoms with E-state index in [-0.39, 0.29) is 0 Å². The summed E-state index contributed by atoms with van der Waals surface area (Å²) < 4.78 is 4.21. The summed E-state index contributed by atoms with van der Waals surface area (Å²) in [6, 6.07) is 2.01. The van der Waals surface area contributed by atoms with Crippen molar-refractivity contribution in [3.8, 4) is 0 Å². The molecule has 0 aliphatic rings. The Kier molecular flexibility index (Phi) is 7.31. The summed E-state index contributed by atoms with van der Waals surface area (Å²) in [5, 5.41) is 8.30. The van der Waals surface area contributed by atoms with Crippen LogP contribution in [0.2, 0.25) is 0 Å². The molecule has 0 unspecified atom stereocenters. The van der Waals surface area contributed by atoms with Crippen LogP contribution in [-0.2, 0) is 6.54 Å². The number of likely N-dealkylation sites (N-methyl/N-ethyl adjacent to an activating group) is 1. The molecule has 0 amide bonds. The van der Waals surface area contributed by atoms with Gasteiger partial charge in [-0.05, 0) is 31.7 Å². The average molecular weight is 270 g/mol. The summed E-state index contributed by atoms with van der Waals surface area (Å²) in [6.45, 7) is 4.01. The van der Waals surface area contributed by atoms with Gasteiger partial charge in [-0.1, -0.05) is 0 Å². The van der Waals surface area contributed by atoms with Crippen LogP contribution in [0, 0.1) is 0 Å². The van der Waals surface area contributed by atoms with Crippen molar-refractivity contribution < 1.29 is 0 Å². The van der Waals surface area contributed by atoms with Crippen molar-refractivity contribution in [2.45, 2.75) is 6.54 Å². The Morgan fingerprint density at radius 2 is 2.33 bits per heavy atom. The minimum absolute atomic E-state index is 0.507. The van der Waals surface area contributed by atoms with Crippen LogP contribution in [0.15, 0.2) is 16.4 Å². The van der Waals surface area contributed by atoms with Gasteiger partial charge in [-0.25, -0.2) is 0 Å². The Morgan fingerprint density at radius 1 is 1.50 bits per heavy atom. The quantitative estimate of drug-likeness (QED) is 0.343. The monoisotopic (exact) mass is 270 g/mol. The van der Waals surface area contributed by atoms with Gasteiger partial charge in [0.1, 0.15) is 0 Å². The SMILES string of the molecule is CN(C)CCNC(N)=NCCNCc1ccsn1. The standard InChI is InChI=1S/C11H22N6S/c1-17(2)7-6-15-11(12)14-5-4-13-9-10-3-8-18-16-10/h3,8,13H,4-7,9H2,1-2H3,(H3,12,14,15). The van der Waals surface area contributed by atoms with Crippen LogP contribution >= 0.6 is 11.5 Å². The van der Waals surface area contributed by atoms with E-state index in [1.807, 2.05) is 25.5 Å². The lowest BCUT2D eigenvalue weighted by molar-refractivity contribution is 0.412. The number of guanidine groups is 1. The summed E-state index contributed by atoms with van der Waals surface area (Å²) in [6.07, 6.45) is 0. The molecule has 0 atom stereocenters. The van der Waals surface area contributed by atoms with Crippen LogP contribution < -0.4 is 16.4 Å². The highest BCUT2D eigenvalue weighted by Crippen LogP contribution is 1.97. The molecule has 0 aliphatic carbocycles. The maximum absolute atomic E-state index is 5.72. The third-order valence-electron chi connectivity index (χ3n) is 2.23. The van der Waals surface area contributed by atoms with Gasteiger partial charge < -0.3 is 21.3 Å². The van der Waals surface area contributed by atoms with E-state index < -0.39 is 0 Å². The van der Waals surface area contributed by atoms with Crippen LogP contribution in [-0.4, -0.2) is 55.5 Å². The van der Waals surface area contributed by atoms with E-state index in [1.165, 1.54) is 11.5 Å². The maximum Gasteiger partial charge on any atom is 0.188 e. The molecule has 6 nitrogen and oxygen atoms in total. The van der Waals surface area contributed by atoms with Crippen molar-refractivity contribution in [3.05, 3.63) is 17.1 Å². The van der Waals surface area contributed by atoms with Gasteiger partial charge in [-0.2, -0.15) is 4.37 Å². The van der Waals surface area contributed by atoms with Gasteiger partial charge in [0.05, 0.1) is 12.2 Å². The summed E-state index contributed by atoms with van der Waals surface area (Å²) in [7, 11) is 4.05. The third kappa shape index (κ3) is 7.21. The van der Waals surface area contributed by atoms with Gasteiger partial charge in [0.15, 0.2) is 5.96 Å². The Bertz CT molecular complexity index is 335. The smallest absolute Gasteiger partial charge is 0.188 e. The fourth-order valence-corrected chi connectivity index (χ4v) is 1.80. The molecule has 0 aliphatic heterocycles. The molecule has 0 spiro atoms.